The number of hydrogen-bond acceptors (Lipinski definition) is 3. The first kappa shape index (κ1) is 16.4. The van der Waals surface area contributed by atoms with Crippen LogP contribution in [0.2, 0.25) is 5.02 Å². The quantitative estimate of drug-likeness (QED) is 0.588. The lowest BCUT2D eigenvalue weighted by molar-refractivity contribution is 0.416. The van der Waals surface area contributed by atoms with Gasteiger partial charge >= 0.3 is 0 Å². The largest absolute Gasteiger partial charge is 0.496 e. The van der Waals surface area contributed by atoms with Gasteiger partial charge in [0.25, 0.3) is 5.56 Å². The van der Waals surface area contributed by atoms with Crippen LogP contribution >= 0.6 is 11.6 Å². The first-order chi connectivity index (χ1) is 12.6. The van der Waals surface area contributed by atoms with Crippen LogP contribution in [0.1, 0.15) is 5.69 Å². The Kier molecular flexibility index (Phi) is 4.01. The maximum Gasteiger partial charge on any atom is 0.273 e. The lowest BCUT2D eigenvalue weighted by Crippen LogP contribution is -2.14. The summed E-state index contributed by atoms with van der Waals surface area (Å²) in [6.45, 7) is 1.92. The molecule has 0 fully saturated rings. The molecule has 0 aliphatic heterocycles. The molecule has 6 heteroatoms. The maximum absolute atomic E-state index is 12.7. The molecule has 0 saturated carbocycles. The second-order valence-electron chi connectivity index (χ2n) is 5.96. The fourth-order valence-corrected chi connectivity index (χ4v) is 3.23. The molecule has 1 N–H and O–H groups in total. The molecule has 0 radical (unpaired) electrons. The van der Waals surface area contributed by atoms with Gasteiger partial charge in [0, 0.05) is 27.9 Å². The van der Waals surface area contributed by atoms with Crippen molar-refractivity contribution in [3.8, 4) is 28.1 Å². The molecule has 0 aliphatic carbocycles. The van der Waals surface area contributed by atoms with Gasteiger partial charge in [-0.15, -0.1) is 0 Å². The van der Waals surface area contributed by atoms with Gasteiger partial charge < -0.3 is 4.74 Å². The van der Waals surface area contributed by atoms with Gasteiger partial charge in [0.1, 0.15) is 5.75 Å². The molecule has 2 heterocycles. The van der Waals surface area contributed by atoms with Crippen LogP contribution in [0.25, 0.3) is 28.0 Å². The predicted octanol–water partition coefficient (Wildman–Crippen LogP) is 4.33. The van der Waals surface area contributed by atoms with Gasteiger partial charge in [-0.25, -0.2) is 9.50 Å². The second kappa shape index (κ2) is 6.35. The van der Waals surface area contributed by atoms with Crippen LogP contribution in [0.3, 0.4) is 0 Å². The van der Waals surface area contributed by atoms with E-state index in [1.165, 1.54) is 10.6 Å². The van der Waals surface area contributed by atoms with Crippen molar-refractivity contribution in [1.82, 2.24) is 14.6 Å². The number of hydrogen-bond donors (Lipinski definition) is 1. The van der Waals surface area contributed by atoms with Crippen LogP contribution in [0, 0.1) is 6.92 Å². The van der Waals surface area contributed by atoms with E-state index in [0.717, 1.165) is 22.4 Å². The molecule has 0 atom stereocenters. The Hall–Kier alpha value is -3.05. The van der Waals surface area contributed by atoms with Crippen molar-refractivity contribution in [2.75, 3.05) is 7.11 Å². The summed E-state index contributed by atoms with van der Waals surface area (Å²) in [7, 11) is 1.60. The highest BCUT2D eigenvalue weighted by Crippen LogP contribution is 2.31. The van der Waals surface area contributed by atoms with Crippen LogP contribution in [0.4, 0.5) is 0 Å². The van der Waals surface area contributed by atoms with Crippen molar-refractivity contribution < 1.29 is 4.74 Å². The minimum Gasteiger partial charge on any atom is -0.496 e. The molecule has 130 valence electrons. The molecule has 26 heavy (non-hydrogen) atoms. The summed E-state index contributed by atoms with van der Waals surface area (Å²) in [4.78, 5) is 17.4. The summed E-state index contributed by atoms with van der Waals surface area (Å²) in [5.41, 5.74) is 4.40. The maximum atomic E-state index is 12.7. The summed E-state index contributed by atoms with van der Waals surface area (Å²) in [6.07, 6.45) is 0. The van der Waals surface area contributed by atoms with E-state index in [1.807, 2.05) is 55.5 Å². The summed E-state index contributed by atoms with van der Waals surface area (Å²) >= 11 is 6.00. The number of H-pyrrole nitrogens is 1. The predicted molar refractivity (Wildman–Crippen MR) is 103 cm³/mol. The summed E-state index contributed by atoms with van der Waals surface area (Å²) in [5, 5.41) is 3.75. The number of aromatic nitrogens is 3. The highest BCUT2D eigenvalue weighted by Gasteiger charge is 2.16. The van der Waals surface area contributed by atoms with Crippen molar-refractivity contribution in [3.63, 3.8) is 0 Å². The molecule has 4 aromatic rings. The van der Waals surface area contributed by atoms with Crippen LogP contribution < -0.4 is 10.3 Å². The number of benzene rings is 2. The lowest BCUT2D eigenvalue weighted by Gasteiger charge is -2.08. The Bertz CT molecular complexity index is 1160. The fourth-order valence-electron chi connectivity index (χ4n) is 3.11. The van der Waals surface area contributed by atoms with Gasteiger partial charge in [-0.2, -0.15) is 0 Å². The van der Waals surface area contributed by atoms with E-state index in [4.69, 9.17) is 21.3 Å². The second-order valence-corrected chi connectivity index (χ2v) is 6.39. The molecule has 0 unspecified atom stereocenters. The number of nitrogens with zero attached hydrogens (tertiary/aromatic N) is 2. The molecular weight excluding hydrogens is 350 g/mol. The number of rotatable bonds is 3. The van der Waals surface area contributed by atoms with Gasteiger partial charge in [0.15, 0.2) is 5.65 Å². The summed E-state index contributed by atoms with van der Waals surface area (Å²) in [6, 6.07) is 16.5. The average Bonchev–Trinajstić information content (AvgIpc) is 2.99. The highest BCUT2D eigenvalue weighted by molar-refractivity contribution is 6.30. The number of para-hydroxylation sites is 1. The highest BCUT2D eigenvalue weighted by atomic mass is 35.5. The molecule has 2 aromatic heterocycles. The molecule has 0 spiro atoms. The number of aryl methyl sites for hydroxylation is 1. The van der Waals surface area contributed by atoms with Crippen molar-refractivity contribution in [1.29, 1.82) is 0 Å². The number of aromatic amines is 1. The van der Waals surface area contributed by atoms with Crippen molar-refractivity contribution >= 4 is 17.2 Å². The Labute approximate surface area is 154 Å². The van der Waals surface area contributed by atoms with E-state index >= 15 is 0 Å². The van der Waals surface area contributed by atoms with Gasteiger partial charge in [-0.1, -0.05) is 35.9 Å². The third kappa shape index (κ3) is 2.66. The zero-order chi connectivity index (χ0) is 18.3. The number of ether oxygens (including phenoxy) is 1. The average molecular weight is 366 g/mol. The number of methoxy groups -OCH3 is 1. The van der Waals surface area contributed by atoms with Gasteiger partial charge in [-0.3, -0.25) is 9.89 Å². The fraction of sp³-hybridized carbons (Fsp3) is 0.100. The monoisotopic (exact) mass is 365 g/mol. The standard InChI is InChI=1S/C20H16ClN3O2/c1-12-19(13-7-9-14(21)10-8-13)20-22-16(11-18(25)24(20)23-12)15-5-3-4-6-17(15)26-2/h3-11,23H,1-2H3. The minimum absolute atomic E-state index is 0.181. The molecule has 0 amide bonds. The van der Waals surface area contributed by atoms with Crippen LogP contribution in [0.5, 0.6) is 5.75 Å². The SMILES string of the molecule is COc1ccccc1-c1cc(=O)n2[nH]c(C)c(-c3ccc(Cl)cc3)c2n1. The van der Waals surface area contributed by atoms with E-state index in [1.54, 1.807) is 7.11 Å². The zero-order valence-electron chi connectivity index (χ0n) is 14.3. The topological polar surface area (TPSA) is 59.4 Å². The van der Waals surface area contributed by atoms with Crippen LogP contribution in [0.15, 0.2) is 59.4 Å². The van der Waals surface area contributed by atoms with E-state index in [0.29, 0.717) is 22.1 Å². The van der Waals surface area contributed by atoms with Crippen LogP contribution in [-0.2, 0) is 0 Å². The molecule has 0 bridgehead atoms. The molecule has 0 aliphatic rings. The minimum atomic E-state index is -0.181. The van der Waals surface area contributed by atoms with Crippen molar-refractivity contribution in [2.24, 2.45) is 0 Å². The van der Waals surface area contributed by atoms with Gasteiger partial charge in [0.05, 0.1) is 12.8 Å². The molecular formula is C20H16ClN3O2. The first-order valence-electron chi connectivity index (χ1n) is 8.10. The lowest BCUT2D eigenvalue weighted by atomic mass is 10.1. The zero-order valence-corrected chi connectivity index (χ0v) is 15.0. The van der Waals surface area contributed by atoms with Crippen molar-refractivity contribution in [2.45, 2.75) is 6.92 Å². The Morgan fingerprint density at radius 1 is 1.12 bits per heavy atom. The van der Waals surface area contributed by atoms with E-state index in [-0.39, 0.29) is 5.56 Å². The molecule has 5 nitrogen and oxygen atoms in total. The third-order valence-corrected chi connectivity index (χ3v) is 4.56. The Morgan fingerprint density at radius 2 is 1.85 bits per heavy atom. The van der Waals surface area contributed by atoms with E-state index < -0.39 is 0 Å². The van der Waals surface area contributed by atoms with E-state index in [2.05, 4.69) is 5.10 Å². The Balaban J connectivity index is 2.01. The van der Waals surface area contributed by atoms with Gasteiger partial charge in [0.2, 0.25) is 0 Å². The van der Waals surface area contributed by atoms with Crippen LogP contribution in [-0.4, -0.2) is 21.7 Å². The van der Waals surface area contributed by atoms with E-state index in [9.17, 15) is 4.79 Å². The molecule has 2 aromatic carbocycles. The number of nitrogens with one attached hydrogen (secondary N) is 1. The van der Waals surface area contributed by atoms with Crippen molar-refractivity contribution in [3.05, 3.63) is 75.7 Å². The molecule has 4 rings (SSSR count). The summed E-state index contributed by atoms with van der Waals surface area (Å²) in [5.74, 6) is 0.670. The smallest absolute Gasteiger partial charge is 0.273 e. The number of fused-ring (bicyclic) bond motifs is 1. The number of halogens is 1. The Morgan fingerprint density at radius 3 is 2.58 bits per heavy atom. The third-order valence-electron chi connectivity index (χ3n) is 4.31. The normalized spacial score (nSPS) is 11.0. The van der Waals surface area contributed by atoms with Gasteiger partial charge in [-0.05, 0) is 36.8 Å². The summed E-state index contributed by atoms with van der Waals surface area (Å²) < 4.78 is 6.87. The molecule has 0 saturated heterocycles. The first-order valence-corrected chi connectivity index (χ1v) is 8.48.